The van der Waals surface area contributed by atoms with Gasteiger partial charge in [-0.15, -0.1) is 0 Å². The van der Waals surface area contributed by atoms with Gasteiger partial charge in [-0.3, -0.25) is 4.79 Å². The lowest BCUT2D eigenvalue weighted by Gasteiger charge is -2.13. The summed E-state index contributed by atoms with van der Waals surface area (Å²) in [6.07, 6.45) is 4.76. The van der Waals surface area contributed by atoms with Crippen LogP contribution in [0.25, 0.3) is 0 Å². The number of allylic oxidation sites excluding steroid dienone is 1. The first-order valence-corrected chi connectivity index (χ1v) is 7.69. The fraction of sp³-hybridized carbons (Fsp3) is 0.500. The zero-order chi connectivity index (χ0) is 15.5. The highest BCUT2D eigenvalue weighted by molar-refractivity contribution is 5.72. The highest BCUT2D eigenvalue weighted by atomic mass is 16.6. The van der Waals surface area contributed by atoms with E-state index in [4.69, 9.17) is 9.47 Å². The van der Waals surface area contributed by atoms with Crippen molar-refractivity contribution in [1.82, 2.24) is 0 Å². The van der Waals surface area contributed by atoms with Crippen LogP contribution in [0.4, 0.5) is 0 Å². The second kappa shape index (κ2) is 10.0. The Balaban J connectivity index is 2.50. The fourth-order valence-electron chi connectivity index (χ4n) is 1.67. The van der Waals surface area contributed by atoms with Gasteiger partial charge in [0.05, 0.1) is 5.92 Å². The molecule has 21 heavy (non-hydrogen) atoms. The van der Waals surface area contributed by atoms with Gasteiger partial charge in [-0.2, -0.15) is 0 Å². The Kier molecular flexibility index (Phi) is 8.25. The molecule has 0 amide bonds. The molecule has 1 rings (SSSR count). The molecule has 0 aromatic heterocycles. The number of carbonyl (C=O) groups excluding carboxylic acids is 1. The lowest BCUT2D eigenvalue weighted by atomic mass is 10.1. The van der Waals surface area contributed by atoms with Crippen LogP contribution in [0.5, 0.6) is 0 Å². The van der Waals surface area contributed by atoms with Crippen LogP contribution in [0.3, 0.4) is 0 Å². The summed E-state index contributed by atoms with van der Waals surface area (Å²) in [6.45, 7) is 6.68. The summed E-state index contributed by atoms with van der Waals surface area (Å²) >= 11 is 0. The predicted molar refractivity (Wildman–Crippen MR) is 84.6 cm³/mol. The minimum Gasteiger partial charge on any atom is -0.490 e. The SMILES string of the molecule is CCC/C=C(/COC(=O)C(C)CC)OCc1ccccc1. The zero-order valence-electron chi connectivity index (χ0n) is 13.3. The third-order valence-corrected chi connectivity index (χ3v) is 3.30. The molecule has 0 bridgehead atoms. The van der Waals surface area contributed by atoms with E-state index in [0.29, 0.717) is 6.61 Å². The minimum atomic E-state index is -0.164. The quantitative estimate of drug-likeness (QED) is 0.497. The Morgan fingerprint density at radius 3 is 2.52 bits per heavy atom. The Labute approximate surface area is 128 Å². The number of hydrogen-bond acceptors (Lipinski definition) is 3. The molecule has 1 aromatic rings. The monoisotopic (exact) mass is 290 g/mol. The van der Waals surface area contributed by atoms with Crippen molar-refractivity contribution in [3.63, 3.8) is 0 Å². The molecule has 1 aromatic carbocycles. The molecule has 0 saturated heterocycles. The normalized spacial score (nSPS) is 12.8. The second-order valence-corrected chi connectivity index (χ2v) is 5.15. The molecular formula is C18H26O3. The summed E-state index contributed by atoms with van der Waals surface area (Å²) in [5.74, 6) is 0.507. The van der Waals surface area contributed by atoms with Gasteiger partial charge in [-0.1, -0.05) is 57.5 Å². The van der Waals surface area contributed by atoms with E-state index >= 15 is 0 Å². The molecule has 0 radical (unpaired) electrons. The maximum atomic E-state index is 11.7. The lowest BCUT2D eigenvalue weighted by Crippen LogP contribution is -2.16. The molecule has 0 aliphatic carbocycles. The van der Waals surface area contributed by atoms with Crippen molar-refractivity contribution in [2.75, 3.05) is 6.61 Å². The van der Waals surface area contributed by atoms with Crippen molar-refractivity contribution in [1.29, 1.82) is 0 Å². The Bertz CT molecular complexity index is 437. The first kappa shape index (κ1) is 17.3. The molecule has 1 unspecified atom stereocenters. The number of benzene rings is 1. The van der Waals surface area contributed by atoms with E-state index in [-0.39, 0.29) is 18.5 Å². The molecule has 0 spiro atoms. The molecule has 0 saturated carbocycles. The van der Waals surface area contributed by atoms with Gasteiger partial charge in [0, 0.05) is 0 Å². The van der Waals surface area contributed by atoms with Crippen LogP contribution in [0.2, 0.25) is 0 Å². The van der Waals surface area contributed by atoms with Crippen molar-refractivity contribution in [2.24, 2.45) is 5.92 Å². The number of carbonyl (C=O) groups is 1. The molecular weight excluding hydrogens is 264 g/mol. The van der Waals surface area contributed by atoms with Crippen molar-refractivity contribution < 1.29 is 14.3 Å². The van der Waals surface area contributed by atoms with E-state index in [1.54, 1.807) is 0 Å². The highest BCUT2D eigenvalue weighted by Gasteiger charge is 2.13. The van der Waals surface area contributed by atoms with Gasteiger partial charge in [0.25, 0.3) is 0 Å². The molecule has 0 fully saturated rings. The maximum Gasteiger partial charge on any atom is 0.309 e. The van der Waals surface area contributed by atoms with Gasteiger partial charge >= 0.3 is 5.97 Å². The molecule has 0 aliphatic rings. The highest BCUT2D eigenvalue weighted by Crippen LogP contribution is 2.10. The van der Waals surface area contributed by atoms with E-state index in [9.17, 15) is 4.79 Å². The number of rotatable bonds is 9. The van der Waals surface area contributed by atoms with Crippen LogP contribution in [0, 0.1) is 5.92 Å². The van der Waals surface area contributed by atoms with Crippen molar-refractivity contribution in [2.45, 2.75) is 46.6 Å². The average molecular weight is 290 g/mol. The standard InChI is InChI=1S/C18H26O3/c1-4-6-12-17(14-21-18(19)15(3)5-2)20-13-16-10-8-7-9-11-16/h7-12,15H,4-6,13-14H2,1-3H3/b17-12-. The smallest absolute Gasteiger partial charge is 0.309 e. The number of esters is 1. The largest absolute Gasteiger partial charge is 0.490 e. The third-order valence-electron chi connectivity index (χ3n) is 3.30. The van der Waals surface area contributed by atoms with Gasteiger partial charge in [0.2, 0.25) is 0 Å². The summed E-state index contributed by atoms with van der Waals surface area (Å²) in [4.78, 5) is 11.7. The molecule has 1 atom stereocenters. The van der Waals surface area contributed by atoms with E-state index in [0.717, 1.165) is 30.6 Å². The van der Waals surface area contributed by atoms with Gasteiger partial charge in [0.1, 0.15) is 19.0 Å². The van der Waals surface area contributed by atoms with Crippen molar-refractivity contribution >= 4 is 5.97 Å². The summed E-state index contributed by atoms with van der Waals surface area (Å²) in [5.41, 5.74) is 1.10. The molecule has 0 heterocycles. The van der Waals surface area contributed by atoms with E-state index in [2.05, 4.69) is 6.92 Å². The van der Waals surface area contributed by atoms with Crippen LogP contribution in [-0.4, -0.2) is 12.6 Å². The lowest BCUT2D eigenvalue weighted by molar-refractivity contribution is -0.148. The fourth-order valence-corrected chi connectivity index (χ4v) is 1.67. The van der Waals surface area contributed by atoms with Crippen LogP contribution in [0.1, 0.15) is 45.6 Å². The number of hydrogen-bond donors (Lipinski definition) is 0. The minimum absolute atomic E-state index is 0.0634. The number of unbranched alkanes of at least 4 members (excludes halogenated alkanes) is 1. The maximum absolute atomic E-state index is 11.7. The summed E-state index contributed by atoms with van der Waals surface area (Å²) in [7, 11) is 0. The molecule has 0 aliphatic heterocycles. The van der Waals surface area contributed by atoms with Crippen LogP contribution >= 0.6 is 0 Å². The third kappa shape index (κ3) is 6.98. The van der Waals surface area contributed by atoms with E-state index in [1.807, 2.05) is 50.3 Å². The zero-order valence-corrected chi connectivity index (χ0v) is 13.3. The summed E-state index contributed by atoms with van der Waals surface area (Å²) < 4.78 is 11.1. The first-order chi connectivity index (χ1) is 10.2. The van der Waals surface area contributed by atoms with Gasteiger partial charge < -0.3 is 9.47 Å². The van der Waals surface area contributed by atoms with Crippen LogP contribution < -0.4 is 0 Å². The van der Waals surface area contributed by atoms with Crippen LogP contribution in [-0.2, 0) is 20.9 Å². The molecule has 3 heteroatoms. The Hall–Kier alpha value is -1.77. The molecule has 3 nitrogen and oxygen atoms in total. The number of ether oxygens (including phenoxy) is 2. The Morgan fingerprint density at radius 2 is 1.90 bits per heavy atom. The molecule has 116 valence electrons. The van der Waals surface area contributed by atoms with E-state index in [1.165, 1.54) is 0 Å². The van der Waals surface area contributed by atoms with Gasteiger partial charge in [-0.25, -0.2) is 0 Å². The summed E-state index contributed by atoms with van der Waals surface area (Å²) in [5, 5.41) is 0. The topological polar surface area (TPSA) is 35.5 Å². The van der Waals surface area contributed by atoms with Crippen molar-refractivity contribution in [3.8, 4) is 0 Å². The Morgan fingerprint density at radius 1 is 1.19 bits per heavy atom. The van der Waals surface area contributed by atoms with Gasteiger partial charge in [-0.05, 0) is 24.5 Å². The van der Waals surface area contributed by atoms with Gasteiger partial charge in [0.15, 0.2) is 0 Å². The first-order valence-electron chi connectivity index (χ1n) is 7.69. The van der Waals surface area contributed by atoms with Crippen molar-refractivity contribution in [3.05, 3.63) is 47.7 Å². The summed E-state index contributed by atoms with van der Waals surface area (Å²) in [6, 6.07) is 9.98. The van der Waals surface area contributed by atoms with E-state index < -0.39 is 0 Å². The van der Waals surface area contributed by atoms with Crippen LogP contribution in [0.15, 0.2) is 42.2 Å². The average Bonchev–Trinajstić information content (AvgIpc) is 2.54. The molecule has 0 N–H and O–H groups in total. The second-order valence-electron chi connectivity index (χ2n) is 5.15. The predicted octanol–water partition coefficient (Wildman–Crippen LogP) is 4.48.